The third-order valence-corrected chi connectivity index (χ3v) is 4.50. The maximum atomic E-state index is 11.6. The molecule has 25 heavy (non-hydrogen) atoms. The minimum absolute atomic E-state index is 0. The highest BCUT2D eigenvalue weighted by Gasteiger charge is 2.31. The van der Waals surface area contributed by atoms with Gasteiger partial charge in [-0.1, -0.05) is 19.8 Å². The highest BCUT2D eigenvalue weighted by Crippen LogP contribution is 2.42. The molecule has 1 aromatic rings. The molecule has 0 aromatic heterocycles. The molecule has 3 rings (SSSR count). The first-order valence-electron chi connectivity index (χ1n) is 8.23. The molecule has 9 heteroatoms. The lowest BCUT2D eigenvalue weighted by Crippen LogP contribution is -2.45. The number of hydrogen-bond acceptors (Lipinski definition) is 6. The fraction of sp³-hybridized carbons (Fsp3) is 0.625. The van der Waals surface area contributed by atoms with E-state index in [2.05, 4.69) is 17.1 Å². The van der Waals surface area contributed by atoms with Gasteiger partial charge in [0.05, 0.1) is 16.6 Å². The van der Waals surface area contributed by atoms with Crippen molar-refractivity contribution in [2.24, 2.45) is 0 Å². The van der Waals surface area contributed by atoms with Gasteiger partial charge in [0.2, 0.25) is 6.79 Å². The Morgan fingerprint density at radius 1 is 1.24 bits per heavy atom. The van der Waals surface area contributed by atoms with Gasteiger partial charge in [0.25, 0.3) is 5.69 Å². The summed E-state index contributed by atoms with van der Waals surface area (Å²) in [5.74, 6) is 1.08. The van der Waals surface area contributed by atoms with Gasteiger partial charge in [0.1, 0.15) is 0 Å². The van der Waals surface area contributed by atoms with Gasteiger partial charge in [-0.05, 0) is 12.5 Å². The number of nitrogens with one attached hydrogen (secondary N) is 1. The molecule has 1 atom stereocenters. The summed E-state index contributed by atoms with van der Waals surface area (Å²) >= 11 is 0. The summed E-state index contributed by atoms with van der Waals surface area (Å²) in [4.78, 5) is 13.6. The molecule has 2 aliphatic rings. The van der Waals surface area contributed by atoms with Gasteiger partial charge in [-0.3, -0.25) is 15.0 Å². The highest BCUT2D eigenvalue weighted by atomic mass is 35.5. The second-order valence-electron chi connectivity index (χ2n) is 5.97. The molecule has 2 aliphatic heterocycles. The van der Waals surface area contributed by atoms with Crippen molar-refractivity contribution < 1.29 is 14.4 Å². The largest absolute Gasteiger partial charge is 0.454 e. The summed E-state index contributed by atoms with van der Waals surface area (Å²) in [6.45, 7) is 5.91. The lowest BCUT2D eigenvalue weighted by atomic mass is 9.96. The van der Waals surface area contributed by atoms with Crippen LogP contribution in [-0.2, 0) is 0 Å². The number of halogens is 2. The lowest BCUT2D eigenvalue weighted by molar-refractivity contribution is -0.386. The van der Waals surface area contributed by atoms with Crippen molar-refractivity contribution in [1.82, 2.24) is 10.2 Å². The van der Waals surface area contributed by atoms with Crippen molar-refractivity contribution in [2.75, 3.05) is 33.0 Å². The van der Waals surface area contributed by atoms with Gasteiger partial charge >= 0.3 is 0 Å². The Labute approximate surface area is 160 Å². The number of piperazine rings is 1. The quantitative estimate of drug-likeness (QED) is 0.589. The number of rotatable bonds is 6. The number of fused-ring (bicyclic) bond motifs is 1. The van der Waals surface area contributed by atoms with Crippen molar-refractivity contribution in [3.05, 3.63) is 27.8 Å². The van der Waals surface area contributed by atoms with E-state index in [0.29, 0.717) is 11.5 Å². The molecular formula is C16H25Cl2N3O4. The van der Waals surface area contributed by atoms with E-state index in [1.807, 2.05) is 6.07 Å². The Morgan fingerprint density at radius 2 is 1.88 bits per heavy atom. The Bertz CT molecular complexity index is 583. The van der Waals surface area contributed by atoms with Crippen LogP contribution in [0.4, 0.5) is 5.69 Å². The molecule has 0 bridgehead atoms. The van der Waals surface area contributed by atoms with Crippen LogP contribution < -0.4 is 14.8 Å². The second-order valence-corrected chi connectivity index (χ2v) is 5.97. The van der Waals surface area contributed by atoms with E-state index in [9.17, 15) is 10.1 Å². The van der Waals surface area contributed by atoms with Crippen molar-refractivity contribution in [2.45, 2.75) is 32.2 Å². The van der Waals surface area contributed by atoms with E-state index < -0.39 is 0 Å². The zero-order chi connectivity index (χ0) is 16.2. The number of unbranched alkanes of at least 4 members (excludes halogenated alkanes) is 1. The van der Waals surface area contributed by atoms with Crippen LogP contribution in [0.2, 0.25) is 0 Å². The van der Waals surface area contributed by atoms with Crippen LogP contribution in [0.3, 0.4) is 0 Å². The third kappa shape index (κ3) is 4.88. The van der Waals surface area contributed by atoms with E-state index in [0.717, 1.165) is 51.0 Å². The van der Waals surface area contributed by atoms with Gasteiger partial charge in [0, 0.05) is 32.2 Å². The molecule has 0 aliphatic carbocycles. The second kappa shape index (κ2) is 10.0. The summed E-state index contributed by atoms with van der Waals surface area (Å²) in [7, 11) is 0. The third-order valence-electron chi connectivity index (χ3n) is 4.50. The maximum absolute atomic E-state index is 11.6. The summed E-state index contributed by atoms with van der Waals surface area (Å²) in [6.07, 6.45) is 3.03. The number of nitro benzene ring substituents is 1. The minimum atomic E-state index is -0.307. The Morgan fingerprint density at radius 3 is 2.48 bits per heavy atom. The summed E-state index contributed by atoms with van der Waals surface area (Å²) in [5.41, 5.74) is 0.878. The number of benzene rings is 1. The standard InChI is InChI=1S/C16H23N3O4.2ClH/c1-2-3-4-13(18-7-5-17-6-8-18)12-9-15-16(23-11-22-15)10-14(12)19(20)21;;/h9-10,13,17H,2-8,11H2,1H3;2*1H/t13-;;/m1../s1. The maximum Gasteiger partial charge on any atom is 0.278 e. The predicted molar refractivity (Wildman–Crippen MR) is 100 cm³/mol. The average molecular weight is 394 g/mol. The van der Waals surface area contributed by atoms with Gasteiger partial charge < -0.3 is 14.8 Å². The van der Waals surface area contributed by atoms with Gasteiger partial charge in [-0.25, -0.2) is 0 Å². The first-order valence-corrected chi connectivity index (χ1v) is 8.23. The smallest absolute Gasteiger partial charge is 0.278 e. The molecule has 0 amide bonds. The first-order chi connectivity index (χ1) is 11.2. The van der Waals surface area contributed by atoms with Crippen LogP contribution in [0.1, 0.15) is 37.8 Å². The number of nitrogens with zero attached hydrogens (tertiary/aromatic N) is 2. The SMILES string of the molecule is CCCC[C@H](c1cc2c(cc1[N+](=O)[O-])OCO2)N1CCNCC1.Cl.Cl. The molecule has 2 heterocycles. The number of nitro groups is 1. The lowest BCUT2D eigenvalue weighted by Gasteiger charge is -2.35. The van der Waals surface area contributed by atoms with E-state index in [-0.39, 0.29) is 48.3 Å². The van der Waals surface area contributed by atoms with Crippen molar-refractivity contribution >= 4 is 30.5 Å². The highest BCUT2D eigenvalue weighted by molar-refractivity contribution is 5.85. The molecule has 1 aromatic carbocycles. The normalized spacial score (nSPS) is 17.3. The average Bonchev–Trinajstić information content (AvgIpc) is 3.02. The molecule has 1 fully saturated rings. The van der Waals surface area contributed by atoms with Crippen LogP contribution in [0.15, 0.2) is 12.1 Å². The van der Waals surface area contributed by atoms with E-state index in [1.54, 1.807) is 0 Å². The Hall–Kier alpha value is -1.28. The minimum Gasteiger partial charge on any atom is -0.454 e. The van der Waals surface area contributed by atoms with Crippen LogP contribution in [0, 0.1) is 10.1 Å². The Kier molecular flexibility index (Phi) is 8.71. The van der Waals surface area contributed by atoms with Gasteiger partial charge in [-0.2, -0.15) is 0 Å². The molecule has 0 radical (unpaired) electrons. The molecule has 0 spiro atoms. The summed E-state index contributed by atoms with van der Waals surface area (Å²) in [6, 6.07) is 3.37. The summed E-state index contributed by atoms with van der Waals surface area (Å²) in [5, 5.41) is 14.9. The zero-order valence-corrected chi connectivity index (χ0v) is 15.9. The molecule has 0 saturated carbocycles. The molecule has 142 valence electrons. The Balaban J connectivity index is 0.00000156. The van der Waals surface area contributed by atoms with Crippen LogP contribution >= 0.6 is 24.8 Å². The van der Waals surface area contributed by atoms with E-state index in [4.69, 9.17) is 9.47 Å². The fourth-order valence-electron chi connectivity index (χ4n) is 3.30. The molecule has 7 nitrogen and oxygen atoms in total. The van der Waals surface area contributed by atoms with Crippen LogP contribution in [0.25, 0.3) is 0 Å². The number of hydrogen-bond donors (Lipinski definition) is 1. The van der Waals surface area contributed by atoms with E-state index in [1.165, 1.54) is 6.07 Å². The summed E-state index contributed by atoms with van der Waals surface area (Å²) < 4.78 is 10.7. The van der Waals surface area contributed by atoms with Crippen LogP contribution in [-0.4, -0.2) is 42.8 Å². The monoisotopic (exact) mass is 393 g/mol. The van der Waals surface area contributed by atoms with Crippen LogP contribution in [0.5, 0.6) is 11.5 Å². The first kappa shape index (κ1) is 21.8. The number of ether oxygens (including phenoxy) is 2. The molecule has 1 N–H and O–H groups in total. The van der Waals surface area contributed by atoms with Crippen molar-refractivity contribution in [3.63, 3.8) is 0 Å². The molecule has 0 unspecified atom stereocenters. The predicted octanol–water partition coefficient (Wildman–Crippen LogP) is 3.30. The van der Waals surface area contributed by atoms with E-state index >= 15 is 0 Å². The van der Waals surface area contributed by atoms with Crippen molar-refractivity contribution in [1.29, 1.82) is 0 Å². The molecule has 1 saturated heterocycles. The fourth-order valence-corrected chi connectivity index (χ4v) is 3.30. The van der Waals surface area contributed by atoms with Crippen molar-refractivity contribution in [3.8, 4) is 11.5 Å². The topological polar surface area (TPSA) is 76.9 Å². The van der Waals surface area contributed by atoms with Gasteiger partial charge in [0.15, 0.2) is 11.5 Å². The zero-order valence-electron chi connectivity index (χ0n) is 14.2. The van der Waals surface area contributed by atoms with Gasteiger partial charge in [-0.15, -0.1) is 24.8 Å². The molecular weight excluding hydrogens is 369 g/mol.